The normalized spacial score (nSPS) is 40.9. The van der Waals surface area contributed by atoms with Gasteiger partial charge in [0.05, 0.1) is 5.54 Å². The van der Waals surface area contributed by atoms with E-state index in [9.17, 15) is 4.79 Å². The second kappa shape index (κ2) is 3.05. The predicted molar refractivity (Wildman–Crippen MR) is 62.6 cm³/mol. The second-order valence-corrected chi connectivity index (χ2v) is 5.77. The van der Waals surface area contributed by atoms with E-state index >= 15 is 0 Å². The van der Waals surface area contributed by atoms with Crippen molar-refractivity contribution in [1.82, 2.24) is 0 Å². The fraction of sp³-hybridized carbons (Fsp3) is 0.615. The van der Waals surface area contributed by atoms with E-state index < -0.39 is 5.54 Å². The smallest absolute Gasteiger partial charge is 0.134 e. The summed E-state index contributed by atoms with van der Waals surface area (Å²) in [6.45, 7) is 0. The van der Waals surface area contributed by atoms with Gasteiger partial charge >= 0.3 is 0 Å². The molecular formula is C13H18N2O. The van der Waals surface area contributed by atoms with Gasteiger partial charge in [0.1, 0.15) is 5.78 Å². The van der Waals surface area contributed by atoms with Crippen LogP contribution in [0.1, 0.15) is 25.7 Å². The summed E-state index contributed by atoms with van der Waals surface area (Å²) in [6, 6.07) is -0.0874. The van der Waals surface area contributed by atoms with Crippen LogP contribution in [-0.2, 0) is 4.79 Å². The molecule has 2 fully saturated rings. The van der Waals surface area contributed by atoms with E-state index in [2.05, 4.69) is 0 Å². The minimum Gasteiger partial charge on any atom is -0.323 e. The summed E-state index contributed by atoms with van der Waals surface area (Å²) >= 11 is 0. The van der Waals surface area contributed by atoms with Crippen LogP contribution < -0.4 is 11.5 Å². The first-order valence-corrected chi connectivity index (χ1v) is 5.96. The lowest BCUT2D eigenvalue weighted by atomic mass is 9.47. The molecule has 0 bridgehead atoms. The fourth-order valence-corrected chi connectivity index (χ4v) is 3.50. The zero-order valence-electron chi connectivity index (χ0n) is 9.36. The Morgan fingerprint density at radius 1 is 1.25 bits per heavy atom. The zero-order valence-corrected chi connectivity index (χ0v) is 9.36. The summed E-state index contributed by atoms with van der Waals surface area (Å²) in [7, 11) is 0. The zero-order chi connectivity index (χ0) is 11.4. The number of carbonyl (C=O) groups is 1. The van der Waals surface area contributed by atoms with Gasteiger partial charge in [0.2, 0.25) is 0 Å². The maximum Gasteiger partial charge on any atom is 0.134 e. The molecule has 3 nitrogen and oxygen atoms in total. The van der Waals surface area contributed by atoms with Crippen molar-refractivity contribution in [1.29, 1.82) is 0 Å². The van der Waals surface area contributed by atoms with Crippen molar-refractivity contribution in [3.05, 3.63) is 24.3 Å². The van der Waals surface area contributed by atoms with Gasteiger partial charge in [-0.3, -0.25) is 4.79 Å². The lowest BCUT2D eigenvalue weighted by Gasteiger charge is -2.58. The number of carbonyl (C=O) groups excluding carboxylic acids is 1. The highest BCUT2D eigenvalue weighted by Crippen LogP contribution is 2.60. The first-order chi connectivity index (χ1) is 7.54. The maximum absolute atomic E-state index is 11.1. The molecule has 16 heavy (non-hydrogen) atoms. The molecule has 0 aromatic rings. The largest absolute Gasteiger partial charge is 0.323 e. The van der Waals surface area contributed by atoms with Crippen molar-refractivity contribution in [3.8, 4) is 0 Å². The van der Waals surface area contributed by atoms with E-state index in [1.165, 1.54) is 0 Å². The maximum atomic E-state index is 11.1. The summed E-state index contributed by atoms with van der Waals surface area (Å²) < 4.78 is 0. The van der Waals surface area contributed by atoms with E-state index in [0.29, 0.717) is 17.1 Å². The first-order valence-electron chi connectivity index (χ1n) is 5.96. The Bertz CT molecular complexity index is 383. The summed E-state index contributed by atoms with van der Waals surface area (Å²) in [5.74, 6) is 0.852. The molecule has 1 spiro atoms. The monoisotopic (exact) mass is 218 g/mol. The molecule has 3 aliphatic rings. The van der Waals surface area contributed by atoms with Crippen LogP contribution >= 0.6 is 0 Å². The van der Waals surface area contributed by atoms with Gasteiger partial charge in [0.25, 0.3) is 0 Å². The molecule has 2 unspecified atom stereocenters. The number of Topliss-reactive ketones (excluding diaryl/α,β-unsaturated/α-hetero) is 1. The van der Waals surface area contributed by atoms with Gasteiger partial charge in [-0.2, -0.15) is 0 Å². The molecule has 86 valence electrons. The quantitative estimate of drug-likeness (QED) is 0.687. The Balaban J connectivity index is 1.70. The number of nitrogens with two attached hydrogens (primary N) is 2. The molecule has 0 aliphatic heterocycles. The summed E-state index contributed by atoms with van der Waals surface area (Å²) in [4.78, 5) is 11.1. The third-order valence-corrected chi connectivity index (χ3v) is 4.60. The van der Waals surface area contributed by atoms with Crippen molar-refractivity contribution in [3.63, 3.8) is 0 Å². The van der Waals surface area contributed by atoms with Crippen LogP contribution in [-0.4, -0.2) is 17.4 Å². The summed E-state index contributed by atoms with van der Waals surface area (Å²) in [5.41, 5.74) is 12.4. The average molecular weight is 218 g/mol. The van der Waals surface area contributed by atoms with Gasteiger partial charge in [-0.1, -0.05) is 24.3 Å². The second-order valence-electron chi connectivity index (χ2n) is 5.77. The molecule has 3 rings (SSSR count). The van der Waals surface area contributed by atoms with E-state index in [4.69, 9.17) is 11.5 Å². The van der Waals surface area contributed by atoms with E-state index in [-0.39, 0.29) is 6.04 Å². The van der Waals surface area contributed by atoms with Crippen LogP contribution in [0.3, 0.4) is 0 Å². The SMILES string of the molecule is NC1C=CC=CC1(N)C1CC2(CC(=O)C2)C1. The third-order valence-electron chi connectivity index (χ3n) is 4.60. The van der Waals surface area contributed by atoms with Gasteiger partial charge in [-0.25, -0.2) is 0 Å². The predicted octanol–water partition coefficient (Wildman–Crippen LogP) is 0.896. The molecule has 4 N–H and O–H groups in total. The Morgan fingerprint density at radius 2 is 1.94 bits per heavy atom. The van der Waals surface area contributed by atoms with Gasteiger partial charge in [0.15, 0.2) is 0 Å². The average Bonchev–Trinajstić information content (AvgIpc) is 2.14. The van der Waals surface area contributed by atoms with Gasteiger partial charge in [-0.15, -0.1) is 0 Å². The lowest BCUT2D eigenvalue weighted by Crippen LogP contribution is -2.65. The number of hydrogen-bond donors (Lipinski definition) is 2. The first kappa shape index (κ1) is 10.2. The fourth-order valence-electron chi connectivity index (χ4n) is 3.50. The van der Waals surface area contributed by atoms with Crippen molar-refractivity contribution < 1.29 is 4.79 Å². The number of ketones is 1. The van der Waals surface area contributed by atoms with Crippen molar-refractivity contribution in [2.24, 2.45) is 22.8 Å². The molecule has 3 aliphatic carbocycles. The summed E-state index contributed by atoms with van der Waals surface area (Å²) in [5, 5.41) is 0. The molecule has 0 radical (unpaired) electrons. The molecule has 3 heteroatoms. The Labute approximate surface area is 95.6 Å². The van der Waals surface area contributed by atoms with Gasteiger partial charge in [-0.05, 0) is 24.2 Å². The number of allylic oxidation sites excluding steroid dienone is 2. The number of rotatable bonds is 1. The third kappa shape index (κ3) is 1.25. The Kier molecular flexibility index (Phi) is 1.95. The Morgan fingerprint density at radius 3 is 2.50 bits per heavy atom. The van der Waals surface area contributed by atoms with Gasteiger partial charge < -0.3 is 11.5 Å². The topological polar surface area (TPSA) is 69.1 Å². The van der Waals surface area contributed by atoms with E-state index in [1.54, 1.807) is 0 Å². The van der Waals surface area contributed by atoms with Crippen LogP contribution in [0.4, 0.5) is 0 Å². The van der Waals surface area contributed by atoms with Crippen LogP contribution in [0.5, 0.6) is 0 Å². The summed E-state index contributed by atoms with van der Waals surface area (Å²) in [6.07, 6.45) is 11.6. The molecule has 0 aromatic heterocycles. The molecule has 0 saturated heterocycles. The highest BCUT2D eigenvalue weighted by molar-refractivity contribution is 5.86. The molecular weight excluding hydrogens is 200 g/mol. The Hall–Kier alpha value is -0.930. The minimum absolute atomic E-state index is 0.0874. The molecule has 0 heterocycles. The van der Waals surface area contributed by atoms with Crippen LogP contribution in [0, 0.1) is 11.3 Å². The molecule has 0 amide bonds. The van der Waals surface area contributed by atoms with E-state index in [1.807, 2.05) is 24.3 Å². The van der Waals surface area contributed by atoms with Crippen molar-refractivity contribution in [2.75, 3.05) is 0 Å². The standard InChI is InChI=1S/C13H18N2O/c14-11-3-1-2-4-13(11,15)9-5-12(6-9)7-10(16)8-12/h1-4,9,11H,5-8,14-15H2. The molecule has 0 aromatic carbocycles. The highest BCUT2D eigenvalue weighted by atomic mass is 16.1. The van der Waals surface area contributed by atoms with Crippen LogP contribution in [0.25, 0.3) is 0 Å². The highest BCUT2D eigenvalue weighted by Gasteiger charge is 2.57. The van der Waals surface area contributed by atoms with Crippen molar-refractivity contribution >= 4 is 5.78 Å². The molecule has 2 atom stereocenters. The van der Waals surface area contributed by atoms with Crippen LogP contribution in [0.15, 0.2) is 24.3 Å². The van der Waals surface area contributed by atoms with E-state index in [0.717, 1.165) is 25.7 Å². The van der Waals surface area contributed by atoms with Crippen molar-refractivity contribution in [2.45, 2.75) is 37.3 Å². The van der Waals surface area contributed by atoms with Crippen LogP contribution in [0.2, 0.25) is 0 Å². The number of hydrogen-bond acceptors (Lipinski definition) is 3. The minimum atomic E-state index is -0.390. The molecule has 2 saturated carbocycles. The lowest BCUT2D eigenvalue weighted by molar-refractivity contribution is -0.144. The van der Waals surface area contributed by atoms with Gasteiger partial charge in [0, 0.05) is 18.9 Å².